The van der Waals surface area contributed by atoms with Gasteiger partial charge in [0, 0.05) is 15.5 Å². The minimum atomic E-state index is -0.254. The van der Waals surface area contributed by atoms with Crippen molar-refractivity contribution in [2.24, 2.45) is 0 Å². The maximum atomic E-state index is 12.1. The molecule has 0 amide bonds. The lowest BCUT2D eigenvalue weighted by Crippen LogP contribution is -2.03. The van der Waals surface area contributed by atoms with E-state index in [1.165, 1.54) is 11.3 Å². The average molecular weight is 300 g/mol. The number of benzene rings is 1. The predicted octanol–water partition coefficient (Wildman–Crippen LogP) is 4.96. The first-order chi connectivity index (χ1) is 9.78. The molecule has 0 saturated carbocycles. The van der Waals surface area contributed by atoms with Crippen molar-refractivity contribution in [3.05, 3.63) is 63.7 Å². The van der Waals surface area contributed by atoms with E-state index in [0.717, 1.165) is 21.2 Å². The van der Waals surface area contributed by atoms with Gasteiger partial charge in [-0.25, -0.2) is 4.79 Å². The van der Waals surface area contributed by atoms with Crippen molar-refractivity contribution >= 4 is 44.8 Å². The second-order valence-corrected chi connectivity index (χ2v) is 6.11. The number of hydrogen-bond acceptors (Lipinski definition) is 4. The molecule has 0 unspecified atom stereocenters. The first-order valence-electron chi connectivity index (χ1n) is 6.11. The van der Waals surface area contributed by atoms with Crippen molar-refractivity contribution in [2.75, 3.05) is 0 Å². The Labute approximate surface area is 124 Å². The second kappa shape index (κ2) is 5.61. The summed E-state index contributed by atoms with van der Waals surface area (Å²) >= 11 is 3.08. The van der Waals surface area contributed by atoms with Gasteiger partial charge in [-0.05, 0) is 22.6 Å². The number of esters is 1. The van der Waals surface area contributed by atoms with Crippen LogP contribution in [0.2, 0.25) is 0 Å². The van der Waals surface area contributed by atoms with Crippen LogP contribution in [0.1, 0.15) is 20.8 Å². The molecule has 0 spiro atoms. The van der Waals surface area contributed by atoms with Crippen molar-refractivity contribution in [3.8, 4) is 0 Å². The van der Waals surface area contributed by atoms with Crippen LogP contribution < -0.4 is 0 Å². The minimum absolute atomic E-state index is 0.254. The normalized spacial score (nSPS) is 10.6. The van der Waals surface area contributed by atoms with Gasteiger partial charge in [0.05, 0.1) is 0 Å². The van der Waals surface area contributed by atoms with Crippen molar-refractivity contribution in [3.63, 3.8) is 0 Å². The highest BCUT2D eigenvalue weighted by Gasteiger charge is 2.14. The molecule has 2 aromatic heterocycles. The lowest BCUT2D eigenvalue weighted by atomic mass is 10.1. The molecule has 0 aliphatic rings. The summed E-state index contributed by atoms with van der Waals surface area (Å²) in [6.45, 7) is 4.00. The van der Waals surface area contributed by atoms with Crippen LogP contribution in [0.4, 0.5) is 0 Å². The van der Waals surface area contributed by atoms with Gasteiger partial charge in [-0.15, -0.1) is 22.7 Å². The number of ether oxygens (including phenoxy) is 1. The summed E-state index contributed by atoms with van der Waals surface area (Å²) in [7, 11) is 0. The molecule has 0 N–H and O–H groups in total. The van der Waals surface area contributed by atoms with E-state index in [1.807, 2.05) is 41.1 Å². The van der Waals surface area contributed by atoms with Crippen molar-refractivity contribution < 1.29 is 9.53 Å². The highest BCUT2D eigenvalue weighted by molar-refractivity contribution is 7.22. The van der Waals surface area contributed by atoms with Gasteiger partial charge in [-0.1, -0.05) is 36.9 Å². The van der Waals surface area contributed by atoms with Gasteiger partial charge in [-0.3, -0.25) is 0 Å². The Bertz CT molecular complexity index is 750. The fourth-order valence-corrected chi connectivity index (χ4v) is 3.79. The molecule has 20 heavy (non-hydrogen) atoms. The number of fused-ring (bicyclic) bond motifs is 1. The minimum Gasteiger partial charge on any atom is -0.457 e. The van der Waals surface area contributed by atoms with Gasteiger partial charge in [0.1, 0.15) is 11.5 Å². The van der Waals surface area contributed by atoms with E-state index in [0.29, 0.717) is 11.5 Å². The third kappa shape index (κ3) is 2.53. The van der Waals surface area contributed by atoms with Crippen LogP contribution >= 0.6 is 22.7 Å². The Morgan fingerprint density at radius 1 is 1.20 bits per heavy atom. The number of thiophene rings is 2. The van der Waals surface area contributed by atoms with Crippen LogP contribution in [-0.2, 0) is 11.3 Å². The van der Waals surface area contributed by atoms with E-state index >= 15 is 0 Å². The molecule has 3 rings (SSSR count). The predicted molar refractivity (Wildman–Crippen MR) is 85.4 cm³/mol. The maximum absolute atomic E-state index is 12.1. The molecule has 0 aliphatic heterocycles. The number of carbonyl (C=O) groups is 1. The number of rotatable bonds is 4. The summed E-state index contributed by atoms with van der Waals surface area (Å²) in [6, 6.07) is 9.76. The summed E-state index contributed by atoms with van der Waals surface area (Å²) < 4.78 is 6.51. The lowest BCUT2D eigenvalue weighted by molar-refractivity contribution is 0.0480. The molecular formula is C16H12O2S2. The zero-order chi connectivity index (χ0) is 13.9. The van der Waals surface area contributed by atoms with Gasteiger partial charge in [0.15, 0.2) is 0 Å². The van der Waals surface area contributed by atoms with Crippen LogP contribution in [0.15, 0.2) is 47.7 Å². The SMILES string of the molecule is C=Cc1ccc(COC(=O)c2scc3sccc23)cc1. The molecule has 100 valence electrons. The molecule has 3 aromatic rings. The first kappa shape index (κ1) is 13.1. The van der Waals surface area contributed by atoms with Crippen LogP contribution in [0.5, 0.6) is 0 Å². The van der Waals surface area contributed by atoms with E-state index in [4.69, 9.17) is 4.74 Å². The first-order valence-corrected chi connectivity index (χ1v) is 7.87. The van der Waals surface area contributed by atoms with Gasteiger partial charge in [0.2, 0.25) is 0 Å². The quantitative estimate of drug-likeness (QED) is 0.636. The van der Waals surface area contributed by atoms with Crippen LogP contribution in [-0.4, -0.2) is 5.97 Å². The fraction of sp³-hybridized carbons (Fsp3) is 0.0625. The monoisotopic (exact) mass is 300 g/mol. The highest BCUT2D eigenvalue weighted by Crippen LogP contribution is 2.30. The molecule has 0 atom stereocenters. The van der Waals surface area contributed by atoms with Gasteiger partial charge in [0.25, 0.3) is 0 Å². The van der Waals surface area contributed by atoms with E-state index in [9.17, 15) is 4.79 Å². The zero-order valence-electron chi connectivity index (χ0n) is 10.7. The zero-order valence-corrected chi connectivity index (χ0v) is 12.3. The second-order valence-electron chi connectivity index (χ2n) is 4.29. The van der Waals surface area contributed by atoms with E-state index < -0.39 is 0 Å². The van der Waals surface area contributed by atoms with Crippen molar-refractivity contribution in [1.82, 2.24) is 0 Å². The van der Waals surface area contributed by atoms with Gasteiger partial charge in [-0.2, -0.15) is 0 Å². The van der Waals surface area contributed by atoms with Crippen LogP contribution in [0, 0.1) is 0 Å². The summed E-state index contributed by atoms with van der Waals surface area (Å²) in [5, 5.41) is 4.98. The molecule has 0 radical (unpaired) electrons. The Morgan fingerprint density at radius 3 is 2.75 bits per heavy atom. The summed E-state index contributed by atoms with van der Waals surface area (Å²) in [5.74, 6) is -0.254. The molecule has 2 nitrogen and oxygen atoms in total. The standard InChI is InChI=1S/C16H12O2S2/c1-2-11-3-5-12(6-4-11)9-18-16(17)15-13-7-8-19-14(13)10-20-15/h2-8,10H,1,9H2. The van der Waals surface area contributed by atoms with Crippen LogP contribution in [0.3, 0.4) is 0 Å². The van der Waals surface area contributed by atoms with Crippen molar-refractivity contribution in [2.45, 2.75) is 6.61 Å². The number of hydrogen-bond donors (Lipinski definition) is 0. The molecule has 2 heterocycles. The van der Waals surface area contributed by atoms with E-state index in [2.05, 4.69) is 6.58 Å². The maximum Gasteiger partial charge on any atom is 0.349 e. The molecule has 0 fully saturated rings. The van der Waals surface area contributed by atoms with Crippen molar-refractivity contribution in [1.29, 1.82) is 0 Å². The van der Waals surface area contributed by atoms with E-state index in [-0.39, 0.29) is 5.97 Å². The molecule has 0 bridgehead atoms. The Kier molecular flexibility index (Phi) is 3.67. The Hall–Kier alpha value is -1.91. The largest absolute Gasteiger partial charge is 0.457 e. The topological polar surface area (TPSA) is 26.3 Å². The molecule has 0 aliphatic carbocycles. The molecule has 4 heteroatoms. The summed E-state index contributed by atoms with van der Waals surface area (Å²) in [5.41, 5.74) is 2.03. The summed E-state index contributed by atoms with van der Waals surface area (Å²) in [6.07, 6.45) is 1.79. The average Bonchev–Trinajstić information content (AvgIpc) is 3.08. The van der Waals surface area contributed by atoms with Gasteiger partial charge < -0.3 is 4.74 Å². The molecular weight excluding hydrogens is 288 g/mol. The third-order valence-corrected chi connectivity index (χ3v) is 4.98. The summed E-state index contributed by atoms with van der Waals surface area (Å²) in [4.78, 5) is 12.8. The number of carbonyl (C=O) groups excluding carboxylic acids is 1. The van der Waals surface area contributed by atoms with Gasteiger partial charge >= 0.3 is 5.97 Å². The Morgan fingerprint density at radius 2 is 2.00 bits per heavy atom. The van der Waals surface area contributed by atoms with Crippen LogP contribution in [0.25, 0.3) is 16.2 Å². The lowest BCUT2D eigenvalue weighted by Gasteiger charge is -2.04. The molecule has 0 saturated heterocycles. The highest BCUT2D eigenvalue weighted by atomic mass is 32.1. The smallest absolute Gasteiger partial charge is 0.349 e. The fourth-order valence-electron chi connectivity index (χ4n) is 1.90. The third-order valence-electron chi connectivity index (χ3n) is 2.99. The molecule has 1 aromatic carbocycles. The Balaban J connectivity index is 1.70. The van der Waals surface area contributed by atoms with E-state index in [1.54, 1.807) is 17.4 Å².